The number of hydrogen-bond acceptors (Lipinski definition) is 5. The maximum absolute atomic E-state index is 12.8. The molecule has 2 aromatic rings. The number of pyridine rings is 1. The fourth-order valence-corrected chi connectivity index (χ4v) is 2.58. The minimum absolute atomic E-state index is 0.0726. The number of amides is 1. The van der Waals surface area contributed by atoms with Crippen LogP contribution in [-0.2, 0) is 27.3 Å². The Balaban J connectivity index is 2.12. The molecule has 138 valence electrons. The minimum Gasteiger partial charge on any atom is -0.497 e. The van der Waals surface area contributed by atoms with E-state index in [1.54, 1.807) is 25.1 Å². The minimum atomic E-state index is -0.413. The van der Waals surface area contributed by atoms with Gasteiger partial charge < -0.3 is 14.4 Å². The lowest BCUT2D eigenvalue weighted by atomic mass is 10.1. The summed E-state index contributed by atoms with van der Waals surface area (Å²) in [5, 5.41) is 0. The van der Waals surface area contributed by atoms with Crippen molar-refractivity contribution in [2.24, 2.45) is 5.92 Å². The van der Waals surface area contributed by atoms with Gasteiger partial charge in [-0.25, -0.2) is 0 Å². The van der Waals surface area contributed by atoms with E-state index in [2.05, 4.69) is 4.98 Å². The highest BCUT2D eigenvalue weighted by atomic mass is 16.5. The molecule has 1 unspecified atom stereocenters. The van der Waals surface area contributed by atoms with Crippen molar-refractivity contribution in [1.29, 1.82) is 0 Å². The number of hydrogen-bond donors (Lipinski definition) is 0. The molecule has 6 heteroatoms. The summed E-state index contributed by atoms with van der Waals surface area (Å²) < 4.78 is 9.92. The predicted octanol–water partition coefficient (Wildman–Crippen LogP) is 2.47. The molecule has 26 heavy (non-hydrogen) atoms. The molecule has 0 N–H and O–H groups in total. The number of nitrogens with zero attached hydrogens (tertiary/aromatic N) is 2. The number of benzene rings is 1. The van der Waals surface area contributed by atoms with Gasteiger partial charge in [-0.15, -0.1) is 0 Å². The second-order valence-corrected chi connectivity index (χ2v) is 6.04. The summed E-state index contributed by atoms with van der Waals surface area (Å²) in [7, 11) is 2.95. The van der Waals surface area contributed by atoms with E-state index in [1.165, 1.54) is 7.11 Å². The summed E-state index contributed by atoms with van der Waals surface area (Å²) in [6.07, 6.45) is 1.93. The Morgan fingerprint density at radius 3 is 2.42 bits per heavy atom. The molecule has 0 saturated carbocycles. The van der Waals surface area contributed by atoms with Crippen LogP contribution in [0.3, 0.4) is 0 Å². The van der Waals surface area contributed by atoms with Gasteiger partial charge >= 0.3 is 5.97 Å². The van der Waals surface area contributed by atoms with E-state index in [4.69, 9.17) is 9.47 Å². The van der Waals surface area contributed by atoms with Gasteiger partial charge in [-0.3, -0.25) is 14.6 Å². The highest BCUT2D eigenvalue weighted by Gasteiger charge is 2.22. The van der Waals surface area contributed by atoms with Crippen molar-refractivity contribution in [3.63, 3.8) is 0 Å². The first kappa shape index (κ1) is 19.4. The number of esters is 1. The third kappa shape index (κ3) is 5.58. The molecule has 0 aliphatic rings. The quantitative estimate of drug-likeness (QED) is 0.680. The fraction of sp³-hybridized carbons (Fsp3) is 0.350. The number of ether oxygens (including phenoxy) is 2. The first-order valence-corrected chi connectivity index (χ1v) is 8.42. The number of methoxy groups -OCH3 is 2. The number of carbonyl (C=O) groups excluding carboxylic acids is 2. The molecule has 2 rings (SSSR count). The lowest BCUT2D eigenvalue weighted by molar-refractivity contribution is -0.146. The van der Waals surface area contributed by atoms with Gasteiger partial charge in [-0.05, 0) is 29.8 Å². The van der Waals surface area contributed by atoms with Crippen molar-refractivity contribution in [3.05, 3.63) is 59.9 Å². The largest absolute Gasteiger partial charge is 0.497 e. The molecule has 1 atom stereocenters. The van der Waals surface area contributed by atoms with Crippen LogP contribution in [-0.4, -0.2) is 42.5 Å². The van der Waals surface area contributed by atoms with E-state index in [0.29, 0.717) is 6.54 Å². The molecule has 1 amide bonds. The normalized spacial score (nSPS) is 11.5. The SMILES string of the molecule is COC(=O)C(C)CN(Cc1ccccn1)C(=O)Cc1ccc(OC)cc1. The fourth-order valence-electron chi connectivity index (χ4n) is 2.58. The summed E-state index contributed by atoms with van der Waals surface area (Å²) >= 11 is 0. The second-order valence-electron chi connectivity index (χ2n) is 6.04. The van der Waals surface area contributed by atoms with E-state index >= 15 is 0 Å². The summed E-state index contributed by atoms with van der Waals surface area (Å²) in [4.78, 5) is 30.5. The molecular formula is C20H24N2O4. The molecule has 0 spiro atoms. The van der Waals surface area contributed by atoms with Crippen molar-refractivity contribution in [3.8, 4) is 5.75 Å². The van der Waals surface area contributed by atoms with Gasteiger partial charge in [-0.2, -0.15) is 0 Å². The summed E-state index contributed by atoms with van der Waals surface area (Å²) in [6, 6.07) is 12.9. The zero-order valence-electron chi connectivity index (χ0n) is 15.3. The zero-order chi connectivity index (χ0) is 18.9. The van der Waals surface area contributed by atoms with Crippen LogP contribution in [0, 0.1) is 5.92 Å². The van der Waals surface area contributed by atoms with Crippen LogP contribution in [0.2, 0.25) is 0 Å². The van der Waals surface area contributed by atoms with Crippen LogP contribution in [0.1, 0.15) is 18.2 Å². The van der Waals surface area contributed by atoms with Gasteiger partial charge in [0, 0.05) is 12.7 Å². The number of rotatable bonds is 8. The van der Waals surface area contributed by atoms with Gasteiger partial charge in [0.1, 0.15) is 5.75 Å². The standard InChI is InChI=1S/C20H24N2O4/c1-15(20(24)26-3)13-22(14-17-6-4-5-11-21-17)19(23)12-16-7-9-18(25-2)10-8-16/h4-11,15H,12-14H2,1-3H3. The van der Waals surface area contributed by atoms with Gasteiger partial charge in [0.15, 0.2) is 0 Å². The van der Waals surface area contributed by atoms with Crippen molar-refractivity contribution in [2.75, 3.05) is 20.8 Å². The summed E-state index contributed by atoms with van der Waals surface area (Å²) in [6.45, 7) is 2.37. The second kappa shape index (κ2) is 9.56. The molecule has 0 bridgehead atoms. The lowest BCUT2D eigenvalue weighted by Gasteiger charge is -2.25. The van der Waals surface area contributed by atoms with Gasteiger partial charge in [0.2, 0.25) is 5.91 Å². The third-order valence-electron chi connectivity index (χ3n) is 4.04. The first-order chi connectivity index (χ1) is 12.5. The van der Waals surface area contributed by atoms with Crippen LogP contribution in [0.25, 0.3) is 0 Å². The smallest absolute Gasteiger partial charge is 0.310 e. The maximum Gasteiger partial charge on any atom is 0.310 e. The Labute approximate surface area is 153 Å². The Bertz CT molecular complexity index is 716. The Morgan fingerprint density at radius 1 is 1.12 bits per heavy atom. The number of aromatic nitrogens is 1. The molecule has 1 heterocycles. The van der Waals surface area contributed by atoms with Crippen LogP contribution in [0.5, 0.6) is 5.75 Å². The average Bonchev–Trinajstić information content (AvgIpc) is 2.68. The molecule has 6 nitrogen and oxygen atoms in total. The maximum atomic E-state index is 12.8. The molecule has 0 aliphatic carbocycles. The Hall–Kier alpha value is -2.89. The van der Waals surface area contributed by atoms with Crippen molar-refractivity contribution < 1.29 is 19.1 Å². The Kier molecular flexibility index (Phi) is 7.14. The van der Waals surface area contributed by atoms with Crippen molar-refractivity contribution in [2.45, 2.75) is 19.9 Å². The Morgan fingerprint density at radius 2 is 1.85 bits per heavy atom. The van der Waals surface area contributed by atoms with Crippen LogP contribution in [0.15, 0.2) is 48.7 Å². The highest BCUT2D eigenvalue weighted by molar-refractivity contribution is 5.80. The molecular weight excluding hydrogens is 332 g/mol. The zero-order valence-corrected chi connectivity index (χ0v) is 15.3. The monoisotopic (exact) mass is 356 g/mol. The predicted molar refractivity (Wildman–Crippen MR) is 97.5 cm³/mol. The van der Waals surface area contributed by atoms with E-state index in [0.717, 1.165) is 17.0 Å². The van der Waals surface area contributed by atoms with Crippen molar-refractivity contribution >= 4 is 11.9 Å². The van der Waals surface area contributed by atoms with Crippen molar-refractivity contribution in [1.82, 2.24) is 9.88 Å². The van der Waals surface area contributed by atoms with E-state index in [1.807, 2.05) is 42.5 Å². The summed E-state index contributed by atoms with van der Waals surface area (Å²) in [5.74, 6) is -0.0841. The average molecular weight is 356 g/mol. The number of carbonyl (C=O) groups is 2. The molecule has 1 aromatic heterocycles. The van der Waals surface area contributed by atoms with Crippen LogP contribution in [0.4, 0.5) is 0 Å². The van der Waals surface area contributed by atoms with Gasteiger partial charge in [-0.1, -0.05) is 25.1 Å². The third-order valence-corrected chi connectivity index (χ3v) is 4.04. The molecule has 0 aliphatic heterocycles. The molecule has 0 fully saturated rings. The lowest BCUT2D eigenvalue weighted by Crippen LogP contribution is -2.38. The molecule has 1 aromatic carbocycles. The van der Waals surface area contributed by atoms with E-state index in [9.17, 15) is 9.59 Å². The molecule has 0 saturated heterocycles. The van der Waals surface area contributed by atoms with E-state index < -0.39 is 5.92 Å². The van der Waals surface area contributed by atoms with E-state index in [-0.39, 0.29) is 24.8 Å². The topological polar surface area (TPSA) is 68.7 Å². The van der Waals surface area contributed by atoms with Gasteiger partial charge in [0.05, 0.1) is 38.8 Å². The summed E-state index contributed by atoms with van der Waals surface area (Å²) in [5.41, 5.74) is 1.65. The van der Waals surface area contributed by atoms with Crippen LogP contribution >= 0.6 is 0 Å². The van der Waals surface area contributed by atoms with Crippen LogP contribution < -0.4 is 4.74 Å². The highest BCUT2D eigenvalue weighted by Crippen LogP contribution is 2.14. The van der Waals surface area contributed by atoms with Gasteiger partial charge in [0.25, 0.3) is 0 Å². The first-order valence-electron chi connectivity index (χ1n) is 8.42. The molecule has 0 radical (unpaired) electrons.